The van der Waals surface area contributed by atoms with Crippen LogP contribution in [0.3, 0.4) is 0 Å². The van der Waals surface area contributed by atoms with Crippen molar-refractivity contribution in [3.05, 3.63) is 108 Å². The van der Waals surface area contributed by atoms with Crippen molar-refractivity contribution in [1.29, 1.82) is 0 Å². The van der Waals surface area contributed by atoms with Crippen LogP contribution >= 0.6 is 23.4 Å². The van der Waals surface area contributed by atoms with E-state index in [2.05, 4.69) is 5.32 Å². The maximum absolute atomic E-state index is 13.9. The highest BCUT2D eigenvalue weighted by atomic mass is 35.5. The highest BCUT2D eigenvalue weighted by Crippen LogP contribution is 2.34. The number of aryl methyl sites for hydroxylation is 1. The van der Waals surface area contributed by atoms with Gasteiger partial charge in [0.1, 0.15) is 17.2 Å². The Morgan fingerprint density at radius 1 is 0.946 bits per heavy atom. The normalized spacial score (nSPS) is 11.1. The number of carbonyl (C=O) groups is 1. The smallest absolute Gasteiger partial charge is 0.268 e. The third-order valence-electron chi connectivity index (χ3n) is 5.42. The van der Waals surface area contributed by atoms with Gasteiger partial charge in [-0.25, -0.2) is 8.42 Å². The summed E-state index contributed by atoms with van der Waals surface area (Å²) in [6.07, 6.45) is 0. The number of para-hydroxylation sites is 1. The molecule has 4 rings (SSSR count). The van der Waals surface area contributed by atoms with Gasteiger partial charge in [-0.3, -0.25) is 9.10 Å². The van der Waals surface area contributed by atoms with Crippen LogP contribution in [-0.2, 0) is 14.8 Å². The van der Waals surface area contributed by atoms with Crippen molar-refractivity contribution in [3.8, 4) is 5.75 Å². The van der Waals surface area contributed by atoms with E-state index in [0.717, 1.165) is 19.7 Å². The molecule has 0 aliphatic rings. The van der Waals surface area contributed by atoms with Crippen molar-refractivity contribution in [2.75, 3.05) is 23.3 Å². The van der Waals surface area contributed by atoms with E-state index < -0.39 is 22.5 Å². The van der Waals surface area contributed by atoms with Crippen molar-refractivity contribution < 1.29 is 17.9 Å². The van der Waals surface area contributed by atoms with Crippen LogP contribution in [0.1, 0.15) is 5.56 Å². The molecule has 0 saturated carbocycles. The first-order valence-corrected chi connectivity index (χ1v) is 14.0. The lowest BCUT2D eigenvalue weighted by Crippen LogP contribution is -2.38. The van der Waals surface area contributed by atoms with Gasteiger partial charge in [-0.05, 0) is 73.2 Å². The largest absolute Gasteiger partial charge is 0.495 e. The third-order valence-corrected chi connectivity index (χ3v) is 8.55. The highest BCUT2D eigenvalue weighted by Gasteiger charge is 2.30. The molecule has 9 heteroatoms. The van der Waals surface area contributed by atoms with Gasteiger partial charge < -0.3 is 10.1 Å². The lowest BCUT2D eigenvalue weighted by molar-refractivity contribution is -0.114. The van der Waals surface area contributed by atoms with E-state index in [0.29, 0.717) is 16.4 Å². The predicted molar refractivity (Wildman–Crippen MR) is 149 cm³/mol. The molecule has 1 amide bonds. The van der Waals surface area contributed by atoms with Gasteiger partial charge in [0.05, 0.1) is 18.5 Å². The van der Waals surface area contributed by atoms with Gasteiger partial charge in [0.2, 0.25) is 5.91 Å². The standard InChI is InChI=1S/C28H25ClN2O4S2/c1-20-12-17-25(35-2)27(18-20)37(33,34)31(22-15-13-21(29)14-16-22)19-28(32)30-24-10-6-7-11-26(24)36-23-8-4-3-5-9-23/h3-18H,19H2,1-2H3,(H,30,32). The molecule has 0 unspecified atom stereocenters. The zero-order valence-electron chi connectivity index (χ0n) is 20.2. The van der Waals surface area contributed by atoms with E-state index in [-0.39, 0.29) is 10.6 Å². The molecule has 0 fully saturated rings. The van der Waals surface area contributed by atoms with Gasteiger partial charge in [0, 0.05) is 14.8 Å². The summed E-state index contributed by atoms with van der Waals surface area (Å²) in [5.41, 5.74) is 1.63. The maximum atomic E-state index is 13.9. The van der Waals surface area contributed by atoms with E-state index in [9.17, 15) is 13.2 Å². The molecule has 0 radical (unpaired) electrons. The van der Waals surface area contributed by atoms with Crippen LogP contribution in [0.2, 0.25) is 5.02 Å². The average molecular weight is 553 g/mol. The lowest BCUT2D eigenvalue weighted by atomic mass is 10.2. The van der Waals surface area contributed by atoms with Crippen LogP contribution in [0.15, 0.2) is 112 Å². The van der Waals surface area contributed by atoms with Crippen LogP contribution in [0.4, 0.5) is 11.4 Å². The van der Waals surface area contributed by atoms with Gasteiger partial charge >= 0.3 is 0 Å². The summed E-state index contributed by atoms with van der Waals surface area (Å²) in [6.45, 7) is 1.34. The molecule has 0 aromatic heterocycles. The number of hydrogen-bond donors (Lipinski definition) is 1. The minimum Gasteiger partial charge on any atom is -0.495 e. The second-order valence-corrected chi connectivity index (χ2v) is 11.5. The Hall–Kier alpha value is -3.46. The maximum Gasteiger partial charge on any atom is 0.268 e. The van der Waals surface area contributed by atoms with Gasteiger partial charge in [0.15, 0.2) is 0 Å². The van der Waals surface area contributed by atoms with Gasteiger partial charge in [0.25, 0.3) is 10.0 Å². The van der Waals surface area contributed by atoms with Crippen molar-refractivity contribution in [1.82, 2.24) is 0 Å². The molecular formula is C28H25ClN2O4S2. The Morgan fingerprint density at radius 3 is 2.32 bits per heavy atom. The van der Waals surface area contributed by atoms with Crippen LogP contribution in [0, 0.1) is 6.92 Å². The summed E-state index contributed by atoms with van der Waals surface area (Å²) in [4.78, 5) is 15.1. The number of nitrogens with one attached hydrogen (secondary N) is 1. The monoisotopic (exact) mass is 552 g/mol. The first kappa shape index (κ1) is 26.6. The molecule has 0 spiro atoms. The number of anilines is 2. The van der Waals surface area contributed by atoms with Crippen molar-refractivity contribution in [3.63, 3.8) is 0 Å². The first-order valence-electron chi connectivity index (χ1n) is 11.3. The fraction of sp³-hybridized carbons (Fsp3) is 0.107. The number of rotatable bonds is 9. The number of hydrogen-bond acceptors (Lipinski definition) is 5. The molecule has 6 nitrogen and oxygen atoms in total. The van der Waals surface area contributed by atoms with Crippen LogP contribution < -0.4 is 14.4 Å². The molecule has 37 heavy (non-hydrogen) atoms. The van der Waals surface area contributed by atoms with E-state index in [1.54, 1.807) is 49.4 Å². The second kappa shape index (κ2) is 11.7. The Bertz CT molecular complexity index is 1490. The summed E-state index contributed by atoms with van der Waals surface area (Å²) in [5.74, 6) is -0.305. The van der Waals surface area contributed by atoms with Crippen LogP contribution in [0.5, 0.6) is 5.75 Å². The fourth-order valence-corrected chi connectivity index (χ4v) is 6.33. The van der Waals surface area contributed by atoms with Gasteiger partial charge in [-0.2, -0.15) is 0 Å². The molecule has 190 valence electrons. The molecule has 0 aliphatic heterocycles. The third kappa shape index (κ3) is 6.46. The van der Waals surface area contributed by atoms with Crippen molar-refractivity contribution in [2.24, 2.45) is 0 Å². The lowest BCUT2D eigenvalue weighted by Gasteiger charge is -2.25. The minimum atomic E-state index is -4.18. The number of methoxy groups -OCH3 is 1. The molecule has 0 atom stereocenters. The zero-order chi connectivity index (χ0) is 26.4. The Balaban J connectivity index is 1.66. The van der Waals surface area contributed by atoms with Crippen LogP contribution in [0.25, 0.3) is 0 Å². The van der Waals surface area contributed by atoms with Gasteiger partial charge in [-0.15, -0.1) is 0 Å². The number of carbonyl (C=O) groups excluding carboxylic acids is 1. The Morgan fingerprint density at radius 2 is 1.62 bits per heavy atom. The van der Waals surface area contributed by atoms with E-state index in [4.69, 9.17) is 16.3 Å². The summed E-state index contributed by atoms with van der Waals surface area (Å²) < 4.78 is 34.1. The van der Waals surface area contributed by atoms with E-state index in [1.165, 1.54) is 24.9 Å². The second-order valence-electron chi connectivity index (χ2n) is 8.10. The quantitative estimate of drug-likeness (QED) is 0.252. The molecule has 0 heterocycles. The van der Waals surface area contributed by atoms with Gasteiger partial charge in [-0.1, -0.05) is 59.8 Å². The minimum absolute atomic E-state index is 0.0298. The zero-order valence-corrected chi connectivity index (χ0v) is 22.6. The molecule has 0 aliphatic carbocycles. The number of benzene rings is 4. The highest BCUT2D eigenvalue weighted by molar-refractivity contribution is 7.99. The van der Waals surface area contributed by atoms with Crippen molar-refractivity contribution >= 4 is 50.7 Å². The van der Waals surface area contributed by atoms with Crippen molar-refractivity contribution in [2.45, 2.75) is 21.6 Å². The topological polar surface area (TPSA) is 75.7 Å². The molecule has 0 bridgehead atoms. The predicted octanol–water partition coefficient (Wildman–Crippen LogP) is 6.64. The summed E-state index contributed by atoms with van der Waals surface area (Å²) in [7, 11) is -2.77. The summed E-state index contributed by atoms with van der Waals surface area (Å²) in [5, 5.41) is 3.33. The average Bonchev–Trinajstić information content (AvgIpc) is 2.89. The first-order chi connectivity index (χ1) is 17.8. The molecular weight excluding hydrogens is 528 g/mol. The van der Waals surface area contributed by atoms with E-state index in [1.807, 2.05) is 48.5 Å². The Kier molecular flexibility index (Phi) is 8.43. The van der Waals surface area contributed by atoms with Crippen LogP contribution in [-0.4, -0.2) is 28.0 Å². The number of amides is 1. The molecule has 4 aromatic rings. The number of nitrogens with zero attached hydrogens (tertiary/aromatic N) is 1. The fourth-order valence-electron chi connectivity index (χ4n) is 3.62. The number of ether oxygens (including phenoxy) is 1. The SMILES string of the molecule is COc1ccc(C)cc1S(=O)(=O)N(CC(=O)Nc1ccccc1Sc1ccccc1)c1ccc(Cl)cc1. The molecule has 0 saturated heterocycles. The number of sulfonamides is 1. The summed E-state index contributed by atoms with van der Waals surface area (Å²) >= 11 is 7.55. The molecule has 4 aromatic carbocycles. The summed E-state index contributed by atoms with van der Waals surface area (Å²) in [6, 6.07) is 28.3. The molecule has 1 N–H and O–H groups in total. The number of halogens is 1. The Labute approximate surface area is 226 Å². The van der Waals surface area contributed by atoms with E-state index >= 15 is 0 Å².